The highest BCUT2D eigenvalue weighted by Gasteiger charge is 2.50. The average molecular weight is 791 g/mol. The molecule has 11 heteroatoms. The molecule has 5 rings (SSSR count). The smallest absolute Gasteiger partial charge is 0.338 e. The molecular weight excluding hydrogens is 737 g/mol. The maximum absolute atomic E-state index is 14.7. The van der Waals surface area contributed by atoms with E-state index < -0.39 is 52.4 Å². The first-order valence-electron chi connectivity index (χ1n) is 19.1. The Hall–Kier alpha value is -4.95. The van der Waals surface area contributed by atoms with E-state index in [1.807, 2.05) is 36.4 Å². The van der Waals surface area contributed by atoms with Gasteiger partial charge in [0.2, 0.25) is 0 Å². The third-order valence-corrected chi connectivity index (χ3v) is 20.3. The van der Waals surface area contributed by atoms with E-state index in [2.05, 4.69) is 78.9 Å². The topological polar surface area (TPSA) is 106 Å². The number of ether oxygens (including phenoxy) is 1. The molecule has 0 unspecified atom stereocenters. The van der Waals surface area contributed by atoms with E-state index >= 15 is 0 Å². The predicted molar refractivity (Wildman–Crippen MR) is 227 cm³/mol. The summed E-state index contributed by atoms with van der Waals surface area (Å²) < 4.78 is 21.7. The van der Waals surface area contributed by atoms with E-state index in [4.69, 9.17) is 13.6 Å². The van der Waals surface area contributed by atoms with Crippen LogP contribution in [-0.4, -0.2) is 50.9 Å². The molecule has 294 valence electrons. The van der Waals surface area contributed by atoms with Gasteiger partial charge in [-0.1, -0.05) is 139 Å². The van der Waals surface area contributed by atoms with E-state index in [1.165, 1.54) is 10.8 Å². The predicted octanol–water partition coefficient (Wildman–Crippen LogP) is 7.59. The number of hydrogen-bond acceptors (Lipinski definition) is 7. The number of esters is 1. The lowest BCUT2D eigenvalue weighted by molar-refractivity contribution is 0.0469. The second kappa shape index (κ2) is 17.5. The van der Waals surface area contributed by atoms with Gasteiger partial charge in [0.15, 0.2) is 8.32 Å². The largest absolute Gasteiger partial charge is 0.457 e. The summed E-state index contributed by atoms with van der Waals surface area (Å²) in [4.78, 5) is 55.9. The molecule has 9 nitrogen and oxygen atoms in total. The van der Waals surface area contributed by atoms with Gasteiger partial charge in [-0.15, -0.1) is 0 Å². The van der Waals surface area contributed by atoms with Crippen molar-refractivity contribution in [1.82, 2.24) is 9.13 Å². The lowest BCUT2D eigenvalue weighted by atomic mass is 10.2. The van der Waals surface area contributed by atoms with Crippen molar-refractivity contribution in [1.29, 1.82) is 0 Å². The highest BCUT2D eigenvalue weighted by atomic mass is 28.4. The molecule has 1 aromatic heterocycles. The number of carbonyl (C=O) groups excluding carboxylic acids is 2. The van der Waals surface area contributed by atoms with Crippen LogP contribution in [0.25, 0.3) is 0 Å². The molecule has 0 spiro atoms. The Bertz CT molecular complexity index is 2170. The van der Waals surface area contributed by atoms with Crippen LogP contribution in [0.15, 0.2) is 137 Å². The van der Waals surface area contributed by atoms with Gasteiger partial charge in [0.25, 0.3) is 19.8 Å². The lowest BCUT2D eigenvalue weighted by Crippen LogP contribution is -2.67. The van der Waals surface area contributed by atoms with Gasteiger partial charge < -0.3 is 13.6 Å². The number of benzene rings is 4. The molecule has 0 amide bonds. The van der Waals surface area contributed by atoms with Crippen molar-refractivity contribution >= 4 is 38.9 Å². The SMILES string of the molecule is CC(C)(C)[Si](C)(C)OCC[C@@H](CO[Si](c1ccccc1)(c1ccccc1)C(C)(C)C)n1cc(COC(=O)c2ccccc2)c(=O)n(C(=O)c2ccccc2)c1=O. The van der Waals surface area contributed by atoms with Crippen LogP contribution in [0.1, 0.15) is 80.3 Å². The molecule has 56 heavy (non-hydrogen) atoms. The fraction of sp³-hybridized carbons (Fsp3) is 0.333. The Balaban J connectivity index is 1.67. The maximum Gasteiger partial charge on any atom is 0.338 e. The van der Waals surface area contributed by atoms with E-state index in [0.29, 0.717) is 23.2 Å². The van der Waals surface area contributed by atoms with E-state index in [-0.39, 0.29) is 27.8 Å². The van der Waals surface area contributed by atoms with Crippen molar-refractivity contribution in [2.24, 2.45) is 0 Å². The summed E-state index contributed by atoms with van der Waals surface area (Å²) in [5.41, 5.74) is -1.23. The summed E-state index contributed by atoms with van der Waals surface area (Å²) in [6.45, 7) is 17.3. The molecule has 0 aliphatic rings. The third kappa shape index (κ3) is 9.18. The van der Waals surface area contributed by atoms with Gasteiger partial charge >= 0.3 is 11.7 Å². The zero-order chi connectivity index (χ0) is 40.7. The molecule has 0 bridgehead atoms. The standard InChI is InChI=1S/C45H54N2O7Si2/c1-44(2,3)55(7,8)53-30-29-37(33-54-56(45(4,5)6,38-25-17-11-18-26-38)39-27-19-12-20-28-39)46-31-36(32-52-42(50)35-23-15-10-16-24-35)41(49)47(43(46)51)40(48)34-21-13-9-14-22-34/h9-28,31,37H,29-30,32-33H2,1-8H3/t37-/m0/s1. The molecule has 0 aliphatic carbocycles. The third-order valence-electron chi connectivity index (χ3n) is 10.8. The van der Waals surface area contributed by atoms with Gasteiger partial charge in [0.05, 0.1) is 23.8 Å². The highest BCUT2D eigenvalue weighted by molar-refractivity contribution is 6.99. The Labute approximate surface area is 332 Å². The summed E-state index contributed by atoms with van der Waals surface area (Å²) in [6.07, 6.45) is 1.76. The van der Waals surface area contributed by atoms with Crippen LogP contribution in [-0.2, 0) is 20.2 Å². The molecule has 0 saturated carbocycles. The van der Waals surface area contributed by atoms with Crippen molar-refractivity contribution < 1.29 is 23.2 Å². The van der Waals surface area contributed by atoms with Crippen molar-refractivity contribution in [2.45, 2.75) is 83.8 Å². The second-order valence-electron chi connectivity index (χ2n) is 16.6. The Kier molecular flexibility index (Phi) is 13.2. The summed E-state index contributed by atoms with van der Waals surface area (Å²) in [5.74, 6) is -1.42. The number of hydrogen-bond donors (Lipinski definition) is 0. The molecular formula is C45H54N2O7Si2. The van der Waals surface area contributed by atoms with E-state index in [0.717, 1.165) is 10.4 Å². The lowest BCUT2D eigenvalue weighted by Gasteiger charge is -2.44. The number of nitrogens with zero attached hydrogens (tertiary/aromatic N) is 2. The molecule has 1 atom stereocenters. The molecule has 4 aromatic carbocycles. The van der Waals surface area contributed by atoms with Crippen LogP contribution in [0.4, 0.5) is 0 Å². The monoisotopic (exact) mass is 790 g/mol. The van der Waals surface area contributed by atoms with Crippen LogP contribution >= 0.6 is 0 Å². The number of carbonyl (C=O) groups is 2. The van der Waals surface area contributed by atoms with Gasteiger partial charge in [0.1, 0.15) is 6.61 Å². The first kappa shape index (κ1) is 42.2. The summed E-state index contributed by atoms with van der Waals surface area (Å²) in [5, 5.41) is 1.72. The Morgan fingerprint density at radius 2 is 1.14 bits per heavy atom. The average Bonchev–Trinajstić information content (AvgIpc) is 3.17. The minimum atomic E-state index is -3.10. The molecule has 0 fully saturated rings. The van der Waals surface area contributed by atoms with Crippen LogP contribution in [0.2, 0.25) is 23.2 Å². The first-order valence-corrected chi connectivity index (χ1v) is 23.9. The Morgan fingerprint density at radius 1 is 0.661 bits per heavy atom. The zero-order valence-corrected chi connectivity index (χ0v) is 35.8. The van der Waals surface area contributed by atoms with E-state index in [1.54, 1.807) is 60.7 Å². The molecule has 0 radical (unpaired) electrons. The van der Waals surface area contributed by atoms with Crippen molar-refractivity contribution in [3.05, 3.63) is 165 Å². The summed E-state index contributed by atoms with van der Waals surface area (Å²) in [7, 11) is -5.32. The zero-order valence-electron chi connectivity index (χ0n) is 33.8. The minimum absolute atomic E-state index is 0.0288. The van der Waals surface area contributed by atoms with Crippen LogP contribution < -0.4 is 21.6 Å². The van der Waals surface area contributed by atoms with Crippen molar-refractivity contribution in [3.63, 3.8) is 0 Å². The van der Waals surface area contributed by atoms with Crippen LogP contribution in [0.3, 0.4) is 0 Å². The van der Waals surface area contributed by atoms with Gasteiger partial charge in [-0.3, -0.25) is 14.2 Å². The second-order valence-corrected chi connectivity index (χ2v) is 25.7. The quantitative estimate of drug-likeness (QED) is 0.0844. The van der Waals surface area contributed by atoms with E-state index in [9.17, 15) is 19.2 Å². The fourth-order valence-corrected chi connectivity index (χ4v) is 12.3. The summed E-state index contributed by atoms with van der Waals surface area (Å²) >= 11 is 0. The fourth-order valence-electron chi connectivity index (χ4n) is 6.63. The normalized spacial score (nSPS) is 12.9. The molecule has 0 saturated heterocycles. The molecule has 0 N–H and O–H groups in total. The van der Waals surface area contributed by atoms with Gasteiger partial charge in [0, 0.05) is 18.4 Å². The van der Waals surface area contributed by atoms with Gasteiger partial charge in [-0.05, 0) is 64.2 Å². The number of aromatic nitrogens is 2. The van der Waals surface area contributed by atoms with Crippen LogP contribution in [0, 0.1) is 0 Å². The van der Waals surface area contributed by atoms with Crippen LogP contribution in [0.5, 0.6) is 0 Å². The minimum Gasteiger partial charge on any atom is -0.457 e. The van der Waals surface area contributed by atoms with Gasteiger partial charge in [-0.25, -0.2) is 9.59 Å². The highest BCUT2D eigenvalue weighted by Crippen LogP contribution is 2.38. The van der Waals surface area contributed by atoms with Crippen molar-refractivity contribution in [3.8, 4) is 0 Å². The molecule has 1 heterocycles. The van der Waals surface area contributed by atoms with Crippen molar-refractivity contribution in [2.75, 3.05) is 13.2 Å². The summed E-state index contributed by atoms with van der Waals surface area (Å²) in [6, 6.07) is 36.4. The maximum atomic E-state index is 14.7. The number of rotatable bonds is 14. The molecule has 5 aromatic rings. The Morgan fingerprint density at radius 3 is 1.62 bits per heavy atom. The van der Waals surface area contributed by atoms with Gasteiger partial charge in [-0.2, -0.15) is 4.57 Å². The molecule has 0 aliphatic heterocycles. The first-order chi connectivity index (χ1) is 26.5.